The Morgan fingerprint density at radius 1 is 1.25 bits per heavy atom. The molecule has 1 heterocycles. The molecule has 2 nitrogen and oxygen atoms in total. The van der Waals surface area contributed by atoms with Crippen molar-refractivity contribution in [2.24, 2.45) is 0 Å². The third kappa shape index (κ3) is 2.41. The smallest absolute Gasteiger partial charge is 0.160 e. The Bertz CT molecular complexity index is 511. The minimum Gasteiger partial charge on any atom is -0.356 e. The van der Waals surface area contributed by atoms with Crippen molar-refractivity contribution in [1.29, 1.82) is 0 Å². The SMILES string of the molecule is C=C/C=C/c1cc(-c2ccc(Cl)cc2)no1. The lowest BCUT2D eigenvalue weighted by Crippen LogP contribution is -1.74. The Morgan fingerprint density at radius 3 is 2.69 bits per heavy atom. The molecule has 0 radical (unpaired) electrons. The molecule has 0 fully saturated rings. The average molecular weight is 232 g/mol. The third-order valence-corrected chi connectivity index (χ3v) is 2.32. The number of allylic oxidation sites excluding steroid dienone is 2. The Kier molecular flexibility index (Phi) is 3.22. The molecule has 1 aromatic carbocycles. The molecule has 0 N–H and O–H groups in total. The Balaban J connectivity index is 2.27. The number of benzene rings is 1. The molecule has 1 aromatic heterocycles. The van der Waals surface area contributed by atoms with Crippen molar-refractivity contribution in [3.63, 3.8) is 0 Å². The van der Waals surface area contributed by atoms with E-state index in [4.69, 9.17) is 16.1 Å². The topological polar surface area (TPSA) is 26.0 Å². The number of hydrogen-bond donors (Lipinski definition) is 0. The fourth-order valence-corrected chi connectivity index (χ4v) is 1.41. The second-order valence-corrected chi connectivity index (χ2v) is 3.65. The van der Waals surface area contributed by atoms with Crippen LogP contribution in [0.5, 0.6) is 0 Å². The van der Waals surface area contributed by atoms with Crippen LogP contribution in [-0.4, -0.2) is 5.16 Å². The summed E-state index contributed by atoms with van der Waals surface area (Å²) < 4.78 is 5.13. The molecule has 0 aliphatic carbocycles. The fraction of sp³-hybridized carbons (Fsp3) is 0. The monoisotopic (exact) mass is 231 g/mol. The molecule has 0 saturated carbocycles. The van der Waals surface area contributed by atoms with Gasteiger partial charge in [0.15, 0.2) is 5.76 Å². The largest absolute Gasteiger partial charge is 0.356 e. The summed E-state index contributed by atoms with van der Waals surface area (Å²) in [7, 11) is 0. The number of aromatic nitrogens is 1. The normalized spacial score (nSPS) is 10.8. The van der Waals surface area contributed by atoms with Gasteiger partial charge in [-0.1, -0.05) is 47.6 Å². The summed E-state index contributed by atoms with van der Waals surface area (Å²) in [4.78, 5) is 0. The van der Waals surface area contributed by atoms with Gasteiger partial charge in [0.05, 0.1) is 0 Å². The first-order valence-electron chi connectivity index (χ1n) is 4.81. The van der Waals surface area contributed by atoms with Crippen molar-refractivity contribution >= 4 is 17.7 Å². The molecule has 0 aliphatic rings. The zero-order valence-corrected chi connectivity index (χ0v) is 9.32. The first-order chi connectivity index (χ1) is 7.79. The van der Waals surface area contributed by atoms with E-state index in [2.05, 4.69) is 11.7 Å². The van der Waals surface area contributed by atoms with Gasteiger partial charge in [-0.2, -0.15) is 0 Å². The molecule has 0 spiro atoms. The van der Waals surface area contributed by atoms with Crippen LogP contribution in [0.3, 0.4) is 0 Å². The Hall–Kier alpha value is -1.80. The van der Waals surface area contributed by atoms with Crippen LogP contribution >= 0.6 is 11.6 Å². The molecule has 2 rings (SSSR count). The van der Waals surface area contributed by atoms with Crippen molar-refractivity contribution in [2.75, 3.05) is 0 Å². The minimum atomic E-state index is 0.699. The van der Waals surface area contributed by atoms with E-state index in [0.717, 1.165) is 11.3 Å². The molecule has 80 valence electrons. The van der Waals surface area contributed by atoms with E-state index in [1.165, 1.54) is 0 Å². The average Bonchev–Trinajstić information content (AvgIpc) is 2.76. The summed E-state index contributed by atoms with van der Waals surface area (Å²) in [6, 6.07) is 9.32. The van der Waals surface area contributed by atoms with E-state index >= 15 is 0 Å². The zero-order chi connectivity index (χ0) is 11.4. The van der Waals surface area contributed by atoms with Gasteiger partial charge in [-0.15, -0.1) is 0 Å². The Labute approximate surface area is 98.8 Å². The van der Waals surface area contributed by atoms with E-state index in [9.17, 15) is 0 Å². The summed E-state index contributed by atoms with van der Waals surface area (Å²) >= 11 is 5.81. The maximum Gasteiger partial charge on any atom is 0.160 e. The quantitative estimate of drug-likeness (QED) is 0.741. The maximum atomic E-state index is 5.81. The van der Waals surface area contributed by atoms with Crippen LogP contribution in [0.1, 0.15) is 5.76 Å². The Morgan fingerprint density at radius 2 is 2.00 bits per heavy atom. The predicted molar refractivity (Wildman–Crippen MR) is 66.2 cm³/mol. The third-order valence-electron chi connectivity index (χ3n) is 2.06. The first kappa shape index (κ1) is 10.7. The van der Waals surface area contributed by atoms with Crippen molar-refractivity contribution in [1.82, 2.24) is 5.16 Å². The highest BCUT2D eigenvalue weighted by Crippen LogP contribution is 2.21. The summed E-state index contributed by atoms with van der Waals surface area (Å²) in [5.41, 5.74) is 1.77. The summed E-state index contributed by atoms with van der Waals surface area (Å²) in [5.74, 6) is 0.699. The molecule has 0 amide bonds. The minimum absolute atomic E-state index is 0.699. The van der Waals surface area contributed by atoms with Crippen LogP contribution in [0, 0.1) is 0 Å². The predicted octanol–water partition coefficient (Wildman–Crippen LogP) is 4.19. The van der Waals surface area contributed by atoms with Gasteiger partial charge in [0, 0.05) is 16.7 Å². The van der Waals surface area contributed by atoms with Crippen LogP contribution in [0.4, 0.5) is 0 Å². The van der Waals surface area contributed by atoms with Crippen LogP contribution < -0.4 is 0 Å². The molecule has 16 heavy (non-hydrogen) atoms. The highest BCUT2D eigenvalue weighted by molar-refractivity contribution is 6.30. The van der Waals surface area contributed by atoms with Gasteiger partial charge in [0.25, 0.3) is 0 Å². The van der Waals surface area contributed by atoms with Gasteiger partial charge in [-0.25, -0.2) is 0 Å². The van der Waals surface area contributed by atoms with E-state index in [-0.39, 0.29) is 0 Å². The molecule has 0 saturated heterocycles. The number of hydrogen-bond acceptors (Lipinski definition) is 2. The van der Waals surface area contributed by atoms with Crippen molar-refractivity contribution < 1.29 is 4.52 Å². The van der Waals surface area contributed by atoms with Gasteiger partial charge in [0.2, 0.25) is 0 Å². The van der Waals surface area contributed by atoms with Gasteiger partial charge in [-0.3, -0.25) is 0 Å². The molecule has 2 aromatic rings. The van der Waals surface area contributed by atoms with E-state index in [1.807, 2.05) is 30.3 Å². The number of halogens is 1. The maximum absolute atomic E-state index is 5.81. The number of nitrogens with zero attached hydrogens (tertiary/aromatic N) is 1. The van der Waals surface area contributed by atoms with E-state index in [1.54, 1.807) is 18.2 Å². The van der Waals surface area contributed by atoms with Crippen molar-refractivity contribution in [2.45, 2.75) is 0 Å². The lowest BCUT2D eigenvalue weighted by molar-refractivity contribution is 0.415. The second kappa shape index (κ2) is 4.81. The highest BCUT2D eigenvalue weighted by atomic mass is 35.5. The lowest BCUT2D eigenvalue weighted by Gasteiger charge is -1.93. The van der Waals surface area contributed by atoms with Gasteiger partial charge in [0.1, 0.15) is 5.69 Å². The highest BCUT2D eigenvalue weighted by Gasteiger charge is 2.03. The fourth-order valence-electron chi connectivity index (χ4n) is 1.29. The number of rotatable bonds is 3. The van der Waals surface area contributed by atoms with Crippen LogP contribution in [0.25, 0.3) is 17.3 Å². The van der Waals surface area contributed by atoms with Gasteiger partial charge >= 0.3 is 0 Å². The molecule has 0 bridgehead atoms. The van der Waals surface area contributed by atoms with E-state index in [0.29, 0.717) is 10.8 Å². The first-order valence-corrected chi connectivity index (χ1v) is 5.19. The molecule has 0 unspecified atom stereocenters. The summed E-state index contributed by atoms with van der Waals surface area (Å²) in [6.07, 6.45) is 5.29. The molecular formula is C13H10ClNO. The second-order valence-electron chi connectivity index (χ2n) is 3.22. The van der Waals surface area contributed by atoms with Gasteiger partial charge < -0.3 is 4.52 Å². The molecule has 0 aliphatic heterocycles. The summed E-state index contributed by atoms with van der Waals surface area (Å²) in [6.45, 7) is 3.59. The molecule has 3 heteroatoms. The van der Waals surface area contributed by atoms with Crippen LogP contribution in [0.15, 0.2) is 53.6 Å². The van der Waals surface area contributed by atoms with Gasteiger partial charge in [-0.05, 0) is 18.2 Å². The summed E-state index contributed by atoms with van der Waals surface area (Å²) in [5, 5.41) is 4.67. The van der Waals surface area contributed by atoms with Crippen molar-refractivity contribution in [3.05, 3.63) is 59.8 Å². The standard InChI is InChI=1S/C13H10ClNO/c1-2-3-4-12-9-13(15-16-12)10-5-7-11(14)8-6-10/h2-9H,1H2/b4-3+. The van der Waals surface area contributed by atoms with Crippen molar-refractivity contribution in [3.8, 4) is 11.3 Å². The molecule has 0 atom stereocenters. The lowest BCUT2D eigenvalue weighted by atomic mass is 10.1. The van der Waals surface area contributed by atoms with Crippen LogP contribution in [0.2, 0.25) is 5.02 Å². The van der Waals surface area contributed by atoms with Crippen LogP contribution in [-0.2, 0) is 0 Å². The molecular weight excluding hydrogens is 222 g/mol. The van der Waals surface area contributed by atoms with E-state index < -0.39 is 0 Å². The zero-order valence-electron chi connectivity index (χ0n) is 8.56.